The van der Waals surface area contributed by atoms with Gasteiger partial charge in [0.15, 0.2) is 15.0 Å². The monoisotopic (exact) mass is 496 g/mol. The number of halogens is 2. The Balaban J connectivity index is 1.89. The van der Waals surface area contributed by atoms with Gasteiger partial charge in [-0.2, -0.15) is 4.99 Å². The van der Waals surface area contributed by atoms with E-state index in [4.69, 9.17) is 21.4 Å². The molecule has 0 aromatic heterocycles. The first-order valence-corrected chi connectivity index (χ1v) is 11.6. The molecule has 2 unspecified atom stereocenters. The van der Waals surface area contributed by atoms with Crippen molar-refractivity contribution in [2.75, 3.05) is 29.6 Å². The summed E-state index contributed by atoms with van der Waals surface area (Å²) in [7, 11) is -3.19. The van der Waals surface area contributed by atoms with Crippen LogP contribution < -0.4 is 4.90 Å². The maximum absolute atomic E-state index is 12.0. The van der Waals surface area contributed by atoms with Crippen LogP contribution in [0.25, 0.3) is 0 Å². The van der Waals surface area contributed by atoms with Crippen molar-refractivity contribution in [2.24, 2.45) is 4.99 Å². The molecule has 2 aliphatic heterocycles. The summed E-state index contributed by atoms with van der Waals surface area (Å²) in [5.74, 6) is -1.90. The van der Waals surface area contributed by atoms with Gasteiger partial charge >= 0.3 is 5.97 Å². The summed E-state index contributed by atoms with van der Waals surface area (Å²) < 4.78 is 29.6. The Morgan fingerprint density at radius 1 is 1.37 bits per heavy atom. The second kappa shape index (κ2) is 8.08. The standard InChI is InChI=1S/C15H14BrClN2O6S2/c16-8-1-2-10(9(17)3-8)19-11-6-27(23,24)7-12(11)26-15(19)18-13(20)4-25-5-14(21)22/h1-3,11-12H,4-7H2,(H,21,22). The van der Waals surface area contributed by atoms with Crippen LogP contribution >= 0.6 is 39.3 Å². The summed E-state index contributed by atoms with van der Waals surface area (Å²) in [5, 5.41) is 9.00. The zero-order valence-corrected chi connectivity index (χ0v) is 17.6. The molecule has 146 valence electrons. The van der Waals surface area contributed by atoms with E-state index in [0.29, 0.717) is 15.9 Å². The molecule has 2 saturated heterocycles. The van der Waals surface area contributed by atoms with Crippen LogP contribution in [0.2, 0.25) is 5.02 Å². The number of nitrogens with zero attached hydrogens (tertiary/aromatic N) is 2. The molecular weight excluding hydrogens is 484 g/mol. The molecule has 2 atom stereocenters. The number of ether oxygens (including phenoxy) is 1. The van der Waals surface area contributed by atoms with E-state index in [2.05, 4.69) is 20.9 Å². The van der Waals surface area contributed by atoms with E-state index >= 15 is 0 Å². The van der Waals surface area contributed by atoms with E-state index in [9.17, 15) is 18.0 Å². The molecule has 3 rings (SSSR count). The number of carbonyl (C=O) groups excluding carboxylic acids is 1. The van der Waals surface area contributed by atoms with Gasteiger partial charge < -0.3 is 14.7 Å². The van der Waals surface area contributed by atoms with Crippen molar-refractivity contribution < 1.29 is 27.9 Å². The van der Waals surface area contributed by atoms with Crippen LogP contribution in [-0.2, 0) is 24.2 Å². The summed E-state index contributed by atoms with van der Waals surface area (Å²) in [6.07, 6.45) is 0. The lowest BCUT2D eigenvalue weighted by Crippen LogP contribution is -2.38. The highest BCUT2D eigenvalue weighted by molar-refractivity contribution is 9.10. The predicted octanol–water partition coefficient (Wildman–Crippen LogP) is 1.81. The van der Waals surface area contributed by atoms with Gasteiger partial charge in [-0.15, -0.1) is 0 Å². The van der Waals surface area contributed by atoms with Gasteiger partial charge in [-0.25, -0.2) is 13.2 Å². The Hall–Kier alpha value is -1.14. The second-order valence-corrected chi connectivity index (χ2v) is 10.6. The molecule has 1 aromatic rings. The fourth-order valence-corrected chi connectivity index (χ4v) is 7.58. The lowest BCUT2D eigenvalue weighted by Gasteiger charge is -2.25. The highest BCUT2D eigenvalue weighted by Crippen LogP contribution is 2.43. The first-order chi connectivity index (χ1) is 12.7. The van der Waals surface area contributed by atoms with Gasteiger partial charge in [0.1, 0.15) is 13.2 Å². The number of anilines is 1. The van der Waals surface area contributed by atoms with Crippen molar-refractivity contribution in [3.63, 3.8) is 0 Å². The number of benzene rings is 1. The number of amidine groups is 1. The number of sulfone groups is 1. The molecule has 1 N–H and O–H groups in total. The zero-order chi connectivity index (χ0) is 19.8. The normalized spacial score (nSPS) is 25.0. The van der Waals surface area contributed by atoms with Crippen LogP contribution in [0.3, 0.4) is 0 Å². The number of fused-ring (bicyclic) bond motifs is 1. The number of aliphatic imine (C=N–C) groups is 1. The van der Waals surface area contributed by atoms with Crippen LogP contribution in [0, 0.1) is 0 Å². The average Bonchev–Trinajstić information content (AvgIpc) is 2.98. The van der Waals surface area contributed by atoms with Crippen molar-refractivity contribution in [3.05, 3.63) is 27.7 Å². The minimum absolute atomic E-state index is 0.00426. The van der Waals surface area contributed by atoms with Crippen molar-refractivity contribution in [2.45, 2.75) is 11.3 Å². The van der Waals surface area contributed by atoms with E-state index < -0.39 is 34.9 Å². The number of thioether (sulfide) groups is 1. The average molecular weight is 498 g/mol. The van der Waals surface area contributed by atoms with Crippen LogP contribution in [0.5, 0.6) is 0 Å². The van der Waals surface area contributed by atoms with Crippen molar-refractivity contribution in [1.29, 1.82) is 0 Å². The predicted molar refractivity (Wildman–Crippen MR) is 106 cm³/mol. The van der Waals surface area contributed by atoms with Gasteiger partial charge in [-0.05, 0) is 18.2 Å². The van der Waals surface area contributed by atoms with E-state index in [1.54, 1.807) is 23.1 Å². The summed E-state index contributed by atoms with van der Waals surface area (Å²) in [5.41, 5.74) is 0.551. The van der Waals surface area contributed by atoms with E-state index in [0.717, 1.165) is 4.47 Å². The first-order valence-electron chi connectivity index (χ1n) is 7.69. The smallest absolute Gasteiger partial charge is 0.329 e. The minimum atomic E-state index is -3.19. The second-order valence-electron chi connectivity index (χ2n) is 5.94. The van der Waals surface area contributed by atoms with E-state index in [-0.39, 0.29) is 22.8 Å². The number of rotatable bonds is 5. The van der Waals surface area contributed by atoms with Gasteiger partial charge in [-0.3, -0.25) is 4.79 Å². The van der Waals surface area contributed by atoms with Crippen molar-refractivity contribution in [3.8, 4) is 0 Å². The molecule has 0 bridgehead atoms. The Morgan fingerprint density at radius 3 is 2.78 bits per heavy atom. The molecular formula is C15H14BrClN2O6S2. The maximum atomic E-state index is 12.0. The molecule has 2 heterocycles. The van der Waals surface area contributed by atoms with Crippen LogP contribution in [-0.4, -0.2) is 66.6 Å². The third-order valence-electron chi connectivity index (χ3n) is 3.91. The molecule has 2 fully saturated rings. The quantitative estimate of drug-likeness (QED) is 0.655. The molecule has 0 aliphatic carbocycles. The summed E-state index contributed by atoms with van der Waals surface area (Å²) in [4.78, 5) is 28.2. The molecule has 0 spiro atoms. The molecule has 0 radical (unpaired) electrons. The van der Waals surface area contributed by atoms with Gasteiger partial charge in [0.05, 0.1) is 28.3 Å². The fourth-order valence-electron chi connectivity index (χ4n) is 2.89. The topological polar surface area (TPSA) is 113 Å². The molecule has 12 heteroatoms. The fraction of sp³-hybridized carbons (Fsp3) is 0.400. The summed E-state index contributed by atoms with van der Waals surface area (Å²) >= 11 is 10.9. The largest absolute Gasteiger partial charge is 0.480 e. The van der Waals surface area contributed by atoms with Crippen LogP contribution in [0.1, 0.15) is 0 Å². The zero-order valence-electron chi connectivity index (χ0n) is 13.7. The number of hydrogen-bond acceptors (Lipinski definition) is 6. The highest BCUT2D eigenvalue weighted by Gasteiger charge is 2.49. The Morgan fingerprint density at radius 2 is 2.11 bits per heavy atom. The van der Waals surface area contributed by atoms with Gasteiger partial charge in [0, 0.05) is 9.72 Å². The van der Waals surface area contributed by atoms with Gasteiger partial charge in [0.2, 0.25) is 0 Å². The van der Waals surface area contributed by atoms with E-state index in [1.165, 1.54) is 11.8 Å². The number of amides is 1. The number of carboxylic acids is 1. The third kappa shape index (κ3) is 4.83. The number of aliphatic carboxylic acids is 1. The lowest BCUT2D eigenvalue weighted by atomic mass is 10.2. The molecule has 0 saturated carbocycles. The molecule has 1 amide bonds. The maximum Gasteiger partial charge on any atom is 0.329 e. The Kier molecular flexibility index (Phi) is 6.16. The third-order valence-corrected chi connectivity index (χ3v) is 7.91. The molecule has 1 aromatic carbocycles. The van der Waals surface area contributed by atoms with Gasteiger partial charge in [0.25, 0.3) is 5.91 Å². The summed E-state index contributed by atoms with van der Waals surface area (Å²) in [6, 6.07) is 4.78. The number of carbonyl (C=O) groups is 2. The van der Waals surface area contributed by atoms with Crippen LogP contribution in [0.4, 0.5) is 5.69 Å². The van der Waals surface area contributed by atoms with E-state index in [1.807, 2.05) is 0 Å². The van der Waals surface area contributed by atoms with Crippen molar-refractivity contribution in [1.82, 2.24) is 0 Å². The minimum Gasteiger partial charge on any atom is -0.480 e. The Bertz CT molecular complexity index is 923. The first kappa shape index (κ1) is 20.6. The number of carboxylic acid groups (broad SMARTS) is 1. The number of hydrogen-bond donors (Lipinski definition) is 1. The SMILES string of the molecule is O=C(O)COCC(=O)N=C1SC2CS(=O)(=O)CC2N1c1ccc(Br)cc1Cl. The van der Waals surface area contributed by atoms with Gasteiger partial charge in [-0.1, -0.05) is 39.3 Å². The molecule has 27 heavy (non-hydrogen) atoms. The summed E-state index contributed by atoms with van der Waals surface area (Å²) in [6.45, 7) is -1.08. The highest BCUT2D eigenvalue weighted by atomic mass is 79.9. The Labute approximate surface area is 173 Å². The molecule has 2 aliphatic rings. The lowest BCUT2D eigenvalue weighted by molar-refractivity contribution is -0.143. The van der Waals surface area contributed by atoms with Crippen molar-refractivity contribution >= 4 is 71.9 Å². The van der Waals surface area contributed by atoms with Crippen LogP contribution in [0.15, 0.2) is 27.7 Å². The molecule has 8 nitrogen and oxygen atoms in total.